The number of likely N-dealkylation sites (tertiary alicyclic amines) is 1. The molecule has 1 aliphatic heterocycles. The molecule has 1 aliphatic rings. The lowest BCUT2D eigenvalue weighted by molar-refractivity contribution is -0.143. The third kappa shape index (κ3) is 3.53. The molecule has 4 aromatic rings. The molecular weight excluding hydrogens is 374 g/mol. The smallest absolute Gasteiger partial charge is 0.306 e. The van der Waals surface area contributed by atoms with Gasteiger partial charge in [0.15, 0.2) is 0 Å². The number of aromatic nitrogens is 2. The van der Waals surface area contributed by atoms with Gasteiger partial charge < -0.3 is 5.11 Å². The van der Waals surface area contributed by atoms with Gasteiger partial charge in [-0.2, -0.15) is 0 Å². The fourth-order valence-corrected chi connectivity index (χ4v) is 4.44. The van der Waals surface area contributed by atoms with Crippen LogP contribution in [0.15, 0.2) is 72.9 Å². The van der Waals surface area contributed by atoms with Gasteiger partial charge in [-0.25, -0.2) is 0 Å². The molecule has 150 valence electrons. The largest absolute Gasteiger partial charge is 0.481 e. The highest BCUT2D eigenvalue weighted by Gasteiger charge is 2.31. The molecule has 30 heavy (non-hydrogen) atoms. The Morgan fingerprint density at radius 2 is 1.63 bits per heavy atom. The van der Waals surface area contributed by atoms with Crippen molar-refractivity contribution in [3.8, 4) is 0 Å². The van der Waals surface area contributed by atoms with Crippen LogP contribution in [0.1, 0.15) is 30.1 Å². The van der Waals surface area contributed by atoms with Crippen LogP contribution in [0.3, 0.4) is 0 Å². The molecule has 2 aromatic carbocycles. The predicted octanol–water partition coefficient (Wildman–Crippen LogP) is 4.67. The average molecular weight is 397 g/mol. The normalized spacial score (nSPS) is 16.7. The highest BCUT2D eigenvalue weighted by Crippen LogP contribution is 2.33. The van der Waals surface area contributed by atoms with Crippen molar-refractivity contribution in [2.45, 2.75) is 18.9 Å². The second kappa shape index (κ2) is 7.84. The van der Waals surface area contributed by atoms with Crippen molar-refractivity contribution in [1.29, 1.82) is 0 Å². The van der Waals surface area contributed by atoms with Gasteiger partial charge in [-0.3, -0.25) is 19.7 Å². The fourth-order valence-electron chi connectivity index (χ4n) is 4.44. The SMILES string of the molecule is O=C(O)C1CCN(C(c2cnc3ccccc3c2)c2ccc3ccccc3n2)CC1. The topological polar surface area (TPSA) is 66.3 Å². The zero-order valence-corrected chi connectivity index (χ0v) is 16.6. The molecule has 0 aliphatic carbocycles. The molecule has 1 N–H and O–H groups in total. The van der Waals surface area contributed by atoms with E-state index in [1.54, 1.807) is 0 Å². The fraction of sp³-hybridized carbons (Fsp3) is 0.240. The number of carboxylic acid groups (broad SMARTS) is 1. The maximum atomic E-state index is 11.4. The van der Waals surface area contributed by atoms with Crippen molar-refractivity contribution in [1.82, 2.24) is 14.9 Å². The van der Waals surface area contributed by atoms with Crippen molar-refractivity contribution >= 4 is 27.8 Å². The van der Waals surface area contributed by atoms with Crippen LogP contribution in [-0.2, 0) is 4.79 Å². The molecule has 1 fully saturated rings. The summed E-state index contributed by atoms with van der Waals surface area (Å²) in [5.41, 5.74) is 4.00. The molecule has 0 spiro atoms. The first-order valence-corrected chi connectivity index (χ1v) is 10.4. The molecule has 5 rings (SSSR count). The zero-order chi connectivity index (χ0) is 20.5. The summed E-state index contributed by atoms with van der Waals surface area (Å²) in [7, 11) is 0. The first-order valence-electron chi connectivity index (χ1n) is 10.4. The molecule has 5 nitrogen and oxygen atoms in total. The van der Waals surface area contributed by atoms with Crippen LogP contribution in [0.25, 0.3) is 21.8 Å². The molecule has 1 unspecified atom stereocenters. The third-order valence-corrected chi connectivity index (χ3v) is 6.07. The van der Waals surface area contributed by atoms with Crippen LogP contribution < -0.4 is 0 Å². The van der Waals surface area contributed by atoms with E-state index < -0.39 is 5.97 Å². The summed E-state index contributed by atoms with van der Waals surface area (Å²) in [5, 5.41) is 11.6. The number of benzene rings is 2. The van der Waals surface area contributed by atoms with Crippen LogP contribution in [0.4, 0.5) is 0 Å². The third-order valence-electron chi connectivity index (χ3n) is 6.07. The lowest BCUT2D eigenvalue weighted by Gasteiger charge is -2.36. The number of nitrogens with zero attached hydrogens (tertiary/aromatic N) is 3. The number of carboxylic acids is 1. The van der Waals surface area contributed by atoms with Gasteiger partial charge >= 0.3 is 5.97 Å². The van der Waals surface area contributed by atoms with Crippen LogP contribution in [0.2, 0.25) is 0 Å². The standard InChI is InChI=1S/C25H23N3O2/c29-25(30)18-11-13-28(14-12-18)24(20-15-19-6-2-3-7-21(19)26-16-20)23-10-9-17-5-1-4-8-22(17)27-23/h1-10,15-16,18,24H,11-14H2,(H,29,30). The van der Waals surface area contributed by atoms with Gasteiger partial charge in [0.25, 0.3) is 0 Å². The lowest BCUT2D eigenvalue weighted by atomic mass is 9.93. The Morgan fingerprint density at radius 3 is 2.40 bits per heavy atom. The summed E-state index contributed by atoms with van der Waals surface area (Å²) in [6.07, 6.45) is 3.24. The summed E-state index contributed by atoms with van der Waals surface area (Å²) in [5.74, 6) is -0.955. The number of fused-ring (bicyclic) bond motifs is 2. The van der Waals surface area contributed by atoms with Gasteiger partial charge in [0.1, 0.15) is 0 Å². The van der Waals surface area contributed by atoms with Crippen LogP contribution in [-0.4, -0.2) is 39.0 Å². The molecule has 0 bridgehead atoms. The van der Waals surface area contributed by atoms with E-state index in [0.29, 0.717) is 12.8 Å². The Balaban J connectivity index is 1.58. The summed E-state index contributed by atoms with van der Waals surface area (Å²) < 4.78 is 0. The van der Waals surface area contributed by atoms with Crippen molar-refractivity contribution in [3.63, 3.8) is 0 Å². The summed E-state index contributed by atoms with van der Waals surface area (Å²) in [4.78, 5) is 23.4. The Morgan fingerprint density at radius 1 is 0.933 bits per heavy atom. The highest BCUT2D eigenvalue weighted by molar-refractivity contribution is 5.80. The molecule has 5 heteroatoms. The van der Waals surface area contributed by atoms with Gasteiger partial charge in [0.05, 0.1) is 28.7 Å². The monoisotopic (exact) mass is 397 g/mol. The summed E-state index contributed by atoms with van der Waals surface area (Å²) >= 11 is 0. The molecule has 1 atom stereocenters. The van der Waals surface area contributed by atoms with Crippen molar-refractivity contribution in [3.05, 3.63) is 84.2 Å². The number of hydrogen-bond acceptors (Lipinski definition) is 4. The molecule has 0 radical (unpaired) electrons. The molecule has 2 aromatic heterocycles. The molecule has 0 saturated carbocycles. The van der Waals surface area contributed by atoms with Crippen molar-refractivity contribution in [2.24, 2.45) is 5.92 Å². The molecule has 3 heterocycles. The van der Waals surface area contributed by atoms with E-state index in [2.05, 4.69) is 40.2 Å². The first kappa shape index (κ1) is 18.7. The van der Waals surface area contributed by atoms with Gasteiger partial charge in [-0.1, -0.05) is 42.5 Å². The van der Waals surface area contributed by atoms with Crippen molar-refractivity contribution in [2.75, 3.05) is 13.1 Å². The van der Waals surface area contributed by atoms with E-state index in [1.807, 2.05) is 42.6 Å². The predicted molar refractivity (Wildman–Crippen MR) is 117 cm³/mol. The zero-order valence-electron chi connectivity index (χ0n) is 16.6. The highest BCUT2D eigenvalue weighted by atomic mass is 16.4. The maximum Gasteiger partial charge on any atom is 0.306 e. The molecule has 0 amide bonds. The summed E-state index contributed by atoms with van der Waals surface area (Å²) in [6.45, 7) is 1.45. The van der Waals surface area contributed by atoms with E-state index in [-0.39, 0.29) is 12.0 Å². The number of carbonyl (C=O) groups is 1. The average Bonchev–Trinajstić information content (AvgIpc) is 2.79. The van der Waals surface area contributed by atoms with Gasteiger partial charge in [-0.05, 0) is 55.8 Å². The lowest BCUT2D eigenvalue weighted by Crippen LogP contribution is -2.39. The minimum Gasteiger partial charge on any atom is -0.481 e. The van der Waals surface area contributed by atoms with E-state index in [1.165, 1.54) is 0 Å². The van der Waals surface area contributed by atoms with E-state index >= 15 is 0 Å². The number of aliphatic carboxylic acids is 1. The van der Waals surface area contributed by atoms with E-state index in [0.717, 1.165) is 46.2 Å². The Labute approximate surface area is 175 Å². The number of rotatable bonds is 4. The molecule has 1 saturated heterocycles. The molecular formula is C25H23N3O2. The van der Waals surface area contributed by atoms with Gasteiger partial charge in [0.2, 0.25) is 0 Å². The van der Waals surface area contributed by atoms with Crippen LogP contribution in [0.5, 0.6) is 0 Å². The van der Waals surface area contributed by atoms with Crippen molar-refractivity contribution < 1.29 is 9.90 Å². The number of para-hydroxylation sites is 2. The quantitative estimate of drug-likeness (QED) is 0.542. The first-order chi connectivity index (χ1) is 14.7. The van der Waals surface area contributed by atoms with E-state index in [9.17, 15) is 9.90 Å². The number of piperidine rings is 1. The number of hydrogen-bond donors (Lipinski definition) is 1. The Bertz CT molecular complexity index is 1140. The Kier molecular flexibility index (Phi) is 4.89. The Hall–Kier alpha value is -3.31. The van der Waals surface area contributed by atoms with Gasteiger partial charge in [0, 0.05) is 17.0 Å². The minimum absolute atomic E-state index is 0.0542. The second-order valence-electron chi connectivity index (χ2n) is 7.94. The second-order valence-corrected chi connectivity index (χ2v) is 7.94. The van der Waals surface area contributed by atoms with E-state index in [4.69, 9.17) is 4.98 Å². The van der Waals surface area contributed by atoms with Gasteiger partial charge in [-0.15, -0.1) is 0 Å². The summed E-state index contributed by atoms with van der Waals surface area (Å²) in [6, 6.07) is 22.6. The number of pyridine rings is 2. The minimum atomic E-state index is -0.692. The maximum absolute atomic E-state index is 11.4. The van der Waals surface area contributed by atoms with Crippen LogP contribution in [0, 0.1) is 5.92 Å². The van der Waals surface area contributed by atoms with Crippen LogP contribution >= 0.6 is 0 Å².